The number of hydrogen-bond acceptors (Lipinski definition) is 3. The summed E-state index contributed by atoms with van der Waals surface area (Å²) in [6.07, 6.45) is 7.54. The summed E-state index contributed by atoms with van der Waals surface area (Å²) in [7, 11) is 0. The van der Waals surface area contributed by atoms with Gasteiger partial charge in [0, 0.05) is 15.4 Å². The van der Waals surface area contributed by atoms with Crippen LogP contribution in [0.4, 0.5) is 5.00 Å². The molecule has 1 aliphatic rings. The number of nitrogens with zero attached hydrogens (tertiary/aromatic N) is 1. The summed E-state index contributed by atoms with van der Waals surface area (Å²) in [6.45, 7) is 2.21. The lowest BCUT2D eigenvalue weighted by Crippen LogP contribution is -2.12. The van der Waals surface area contributed by atoms with Crippen LogP contribution >= 0.6 is 27.3 Å². The van der Waals surface area contributed by atoms with Gasteiger partial charge < -0.3 is 5.32 Å². The molecule has 3 nitrogen and oxygen atoms in total. The topological polar surface area (TPSA) is 52.9 Å². The highest BCUT2D eigenvalue weighted by molar-refractivity contribution is 9.10. The summed E-state index contributed by atoms with van der Waals surface area (Å²) >= 11 is 4.95. The number of nitrogens with one attached hydrogen (secondary N) is 1. The van der Waals surface area contributed by atoms with Crippen molar-refractivity contribution in [2.75, 3.05) is 5.32 Å². The van der Waals surface area contributed by atoms with Crippen molar-refractivity contribution in [3.63, 3.8) is 0 Å². The number of amides is 1. The maximum absolute atomic E-state index is 12.2. The van der Waals surface area contributed by atoms with Crippen LogP contribution in [-0.4, -0.2) is 5.91 Å². The molecular formula is C20H19BrN2OS. The molecule has 1 amide bonds. The number of carbonyl (C=O) groups is 1. The van der Waals surface area contributed by atoms with Gasteiger partial charge in [0.2, 0.25) is 5.91 Å². The first-order valence-corrected chi connectivity index (χ1v) is 10.0. The molecule has 1 N–H and O–H groups in total. The lowest BCUT2D eigenvalue weighted by Gasteiger charge is -2.20. The lowest BCUT2D eigenvalue weighted by molar-refractivity contribution is -0.111. The largest absolute Gasteiger partial charge is 0.313 e. The van der Waals surface area contributed by atoms with Crippen molar-refractivity contribution < 1.29 is 4.79 Å². The highest BCUT2D eigenvalue weighted by Gasteiger charge is 2.25. The SMILES string of the molecule is CCC1CCc2c(sc(NC(=O)/C=C/c3ccc(Br)cc3)c2C#N)C1. The van der Waals surface area contributed by atoms with E-state index in [0.717, 1.165) is 41.3 Å². The Balaban J connectivity index is 1.74. The van der Waals surface area contributed by atoms with Gasteiger partial charge in [-0.1, -0.05) is 41.4 Å². The number of thiophene rings is 1. The Morgan fingerprint density at radius 1 is 1.44 bits per heavy atom. The Morgan fingerprint density at radius 3 is 2.88 bits per heavy atom. The minimum Gasteiger partial charge on any atom is -0.313 e. The van der Waals surface area contributed by atoms with Gasteiger partial charge in [-0.3, -0.25) is 4.79 Å². The second-order valence-corrected chi connectivity index (χ2v) is 8.23. The van der Waals surface area contributed by atoms with Gasteiger partial charge in [0.15, 0.2) is 0 Å². The minimum atomic E-state index is -0.204. The molecule has 1 heterocycles. The van der Waals surface area contributed by atoms with Crippen LogP contribution in [0.3, 0.4) is 0 Å². The molecule has 2 aromatic rings. The van der Waals surface area contributed by atoms with Gasteiger partial charge in [0.25, 0.3) is 0 Å². The van der Waals surface area contributed by atoms with E-state index in [1.165, 1.54) is 11.0 Å². The van der Waals surface area contributed by atoms with Crippen molar-refractivity contribution in [1.29, 1.82) is 5.26 Å². The summed E-state index contributed by atoms with van der Waals surface area (Å²) in [5.74, 6) is 0.489. The Kier molecular flexibility index (Phi) is 5.72. The van der Waals surface area contributed by atoms with Crippen molar-refractivity contribution in [3.05, 3.63) is 56.4 Å². The van der Waals surface area contributed by atoms with Gasteiger partial charge in [-0.15, -0.1) is 11.3 Å². The van der Waals surface area contributed by atoms with Crippen LogP contribution in [0.15, 0.2) is 34.8 Å². The van der Waals surface area contributed by atoms with Crippen LogP contribution in [0.25, 0.3) is 6.08 Å². The molecule has 0 spiro atoms. The van der Waals surface area contributed by atoms with E-state index < -0.39 is 0 Å². The Bertz CT molecular complexity index is 846. The number of hydrogen-bond donors (Lipinski definition) is 1. The average molecular weight is 415 g/mol. The van der Waals surface area contributed by atoms with Crippen LogP contribution < -0.4 is 5.32 Å². The molecule has 25 heavy (non-hydrogen) atoms. The molecule has 3 rings (SSSR count). The number of nitriles is 1. The summed E-state index contributed by atoms with van der Waals surface area (Å²) in [5.41, 5.74) is 2.75. The monoisotopic (exact) mass is 414 g/mol. The fraction of sp³-hybridized carbons (Fsp3) is 0.300. The first kappa shape index (κ1) is 17.9. The van der Waals surface area contributed by atoms with E-state index >= 15 is 0 Å². The highest BCUT2D eigenvalue weighted by atomic mass is 79.9. The maximum Gasteiger partial charge on any atom is 0.249 e. The van der Waals surface area contributed by atoms with Gasteiger partial charge in [-0.2, -0.15) is 5.26 Å². The number of fused-ring (bicyclic) bond motifs is 1. The molecule has 0 radical (unpaired) electrons. The summed E-state index contributed by atoms with van der Waals surface area (Å²) in [5, 5.41) is 13.1. The van der Waals surface area contributed by atoms with Gasteiger partial charge in [-0.05, 0) is 54.5 Å². The van der Waals surface area contributed by atoms with Crippen molar-refractivity contribution in [1.82, 2.24) is 0 Å². The standard InChI is InChI=1S/C20H19BrN2OS/c1-2-13-5-9-16-17(12-22)20(25-18(16)11-13)23-19(24)10-6-14-3-7-15(21)8-4-14/h3-4,6-8,10,13H,2,5,9,11H2,1H3,(H,23,24)/b10-6+. The van der Waals surface area contributed by atoms with Crippen LogP contribution in [-0.2, 0) is 17.6 Å². The van der Waals surface area contributed by atoms with Gasteiger partial charge in [-0.25, -0.2) is 0 Å². The molecule has 1 aliphatic carbocycles. The highest BCUT2D eigenvalue weighted by Crippen LogP contribution is 2.39. The summed E-state index contributed by atoms with van der Waals surface area (Å²) in [6, 6.07) is 10.0. The first-order chi connectivity index (χ1) is 12.1. The zero-order valence-corrected chi connectivity index (χ0v) is 16.4. The minimum absolute atomic E-state index is 0.204. The van der Waals surface area contributed by atoms with E-state index in [9.17, 15) is 10.1 Å². The zero-order chi connectivity index (χ0) is 17.8. The second kappa shape index (κ2) is 7.99. The number of rotatable bonds is 4. The van der Waals surface area contributed by atoms with Gasteiger partial charge in [0.1, 0.15) is 11.1 Å². The average Bonchev–Trinajstić information content (AvgIpc) is 2.97. The zero-order valence-electron chi connectivity index (χ0n) is 14.0. The predicted molar refractivity (Wildman–Crippen MR) is 107 cm³/mol. The molecule has 0 aliphatic heterocycles. The van der Waals surface area contributed by atoms with E-state index in [1.54, 1.807) is 17.4 Å². The van der Waals surface area contributed by atoms with Crippen molar-refractivity contribution in [2.45, 2.75) is 32.6 Å². The summed E-state index contributed by atoms with van der Waals surface area (Å²) < 4.78 is 1.00. The van der Waals surface area contributed by atoms with E-state index in [0.29, 0.717) is 16.5 Å². The van der Waals surface area contributed by atoms with E-state index in [2.05, 4.69) is 34.2 Å². The Morgan fingerprint density at radius 2 is 2.20 bits per heavy atom. The van der Waals surface area contributed by atoms with E-state index in [1.807, 2.05) is 24.3 Å². The predicted octanol–water partition coefficient (Wildman–Crippen LogP) is 5.55. The lowest BCUT2D eigenvalue weighted by atomic mass is 9.86. The molecule has 0 saturated heterocycles. The molecule has 0 fully saturated rings. The Hall–Kier alpha value is -1.90. The van der Waals surface area contributed by atoms with E-state index in [4.69, 9.17) is 0 Å². The molecular weight excluding hydrogens is 396 g/mol. The van der Waals surface area contributed by atoms with Crippen molar-refractivity contribution >= 4 is 44.3 Å². The fourth-order valence-electron chi connectivity index (χ4n) is 3.11. The third kappa shape index (κ3) is 4.20. The summed E-state index contributed by atoms with van der Waals surface area (Å²) in [4.78, 5) is 13.5. The number of carbonyl (C=O) groups excluding carboxylic acids is 1. The normalized spacial score (nSPS) is 16.4. The number of halogens is 1. The maximum atomic E-state index is 12.2. The molecule has 1 aromatic heterocycles. The molecule has 1 aromatic carbocycles. The molecule has 1 unspecified atom stereocenters. The third-order valence-corrected chi connectivity index (χ3v) is 6.29. The van der Waals surface area contributed by atoms with Crippen LogP contribution in [0.5, 0.6) is 0 Å². The Labute approximate surface area is 160 Å². The fourth-order valence-corrected chi connectivity index (χ4v) is 4.69. The van der Waals surface area contributed by atoms with Crippen LogP contribution in [0.2, 0.25) is 0 Å². The van der Waals surface area contributed by atoms with Crippen LogP contribution in [0, 0.1) is 17.2 Å². The second-order valence-electron chi connectivity index (χ2n) is 6.21. The van der Waals surface area contributed by atoms with Crippen molar-refractivity contribution in [3.8, 4) is 6.07 Å². The van der Waals surface area contributed by atoms with Gasteiger partial charge >= 0.3 is 0 Å². The third-order valence-electron chi connectivity index (χ3n) is 4.59. The number of anilines is 1. The smallest absolute Gasteiger partial charge is 0.249 e. The molecule has 128 valence electrons. The number of benzene rings is 1. The molecule has 1 atom stereocenters. The molecule has 5 heteroatoms. The first-order valence-electron chi connectivity index (χ1n) is 8.40. The molecule has 0 saturated carbocycles. The molecule has 0 bridgehead atoms. The quantitative estimate of drug-likeness (QED) is 0.666. The van der Waals surface area contributed by atoms with Gasteiger partial charge in [0.05, 0.1) is 5.56 Å². The van der Waals surface area contributed by atoms with Crippen LogP contribution in [0.1, 0.15) is 41.3 Å². The van der Waals surface area contributed by atoms with E-state index in [-0.39, 0.29) is 5.91 Å². The van der Waals surface area contributed by atoms with Crippen molar-refractivity contribution in [2.24, 2.45) is 5.92 Å².